The smallest absolute Gasteiger partial charge is 0.354 e. The summed E-state index contributed by atoms with van der Waals surface area (Å²) in [5, 5.41) is 22.0. The summed E-state index contributed by atoms with van der Waals surface area (Å²) in [6, 6.07) is 31.9. The number of aromatic nitrogens is 4. The molecular weight excluding hydrogens is 939 g/mol. The Bertz CT molecular complexity index is 3170. The van der Waals surface area contributed by atoms with Gasteiger partial charge in [-0.2, -0.15) is 5.10 Å². The first-order valence-electron chi connectivity index (χ1n) is 25.8. The van der Waals surface area contributed by atoms with E-state index in [9.17, 15) is 24.3 Å². The number of hydrogen-bond acceptors (Lipinski definition) is 12. The third-order valence-electron chi connectivity index (χ3n) is 15.5. The van der Waals surface area contributed by atoms with Crippen LogP contribution in [0.4, 0.5) is 16.6 Å². The van der Waals surface area contributed by atoms with E-state index in [-0.39, 0.29) is 30.0 Å². The second-order valence-corrected chi connectivity index (χ2v) is 21.3. The standard InChI is InChI=1S/C57H61N9O6S/c1-63-48-33-41(15-16-44(48)53(62-63)45-17-19-51(67)60-55(45)69)65-28-22-36(23-29-65)8-6-25-64-26-20-37(21-27-64)31-38-7-4-10-42(32-38)72-35-40-14-18-50(59-52(40)56(70)71)66-30-24-39-9-5-11-43(46(39)34-66)54(68)61-57-58-47-12-2-3-13-49(47)73-57/h2-5,7,9-16,18,32-33,36-37,45H,6,8,17,19-31,34-35H2,1H3,(H,70,71)(H,58,61,68)(H,60,67,69). The normalized spacial score (nSPS) is 18.0. The molecule has 4 aromatic carbocycles. The SMILES string of the molecule is Cn1nc(C2CCC(=O)NC2=O)c2ccc(N3CCC(CCCN4CCC(Cc5cccc(OCc6ccc(N7CCc8cccc(C(=O)Nc9nc%10ccccc%10s9)c8C7)nc6C(=O)O)c5)CC4)CC3)cc21. The van der Waals surface area contributed by atoms with Crippen molar-refractivity contribution in [3.8, 4) is 5.75 Å². The van der Waals surface area contributed by atoms with Crippen molar-refractivity contribution in [1.29, 1.82) is 0 Å². The molecule has 73 heavy (non-hydrogen) atoms. The number of anilines is 3. The van der Waals surface area contributed by atoms with Gasteiger partial charge in [-0.3, -0.25) is 29.7 Å². The minimum Gasteiger partial charge on any atom is -0.489 e. The number of aromatic carboxylic acids is 1. The van der Waals surface area contributed by atoms with Gasteiger partial charge >= 0.3 is 5.97 Å². The lowest BCUT2D eigenvalue weighted by Crippen LogP contribution is -2.39. The monoisotopic (exact) mass is 999 g/mol. The summed E-state index contributed by atoms with van der Waals surface area (Å²) in [5.74, 6) is 0.390. The van der Waals surface area contributed by atoms with E-state index in [2.05, 4.69) is 60.7 Å². The Morgan fingerprint density at radius 2 is 1.66 bits per heavy atom. The molecule has 0 bridgehead atoms. The molecule has 4 aliphatic heterocycles. The highest BCUT2D eigenvalue weighted by molar-refractivity contribution is 7.22. The summed E-state index contributed by atoms with van der Waals surface area (Å²) < 4.78 is 9.11. The van der Waals surface area contributed by atoms with E-state index in [0.717, 1.165) is 83.0 Å². The topological polar surface area (TPSA) is 175 Å². The fourth-order valence-corrected chi connectivity index (χ4v) is 12.3. The number of hydrogen-bond donors (Lipinski definition) is 3. The zero-order valence-electron chi connectivity index (χ0n) is 41.2. The van der Waals surface area contributed by atoms with Gasteiger partial charge in [-0.15, -0.1) is 0 Å². The number of pyridine rings is 1. The number of benzene rings is 4. The highest BCUT2D eigenvalue weighted by atomic mass is 32.1. The summed E-state index contributed by atoms with van der Waals surface area (Å²) >= 11 is 1.44. The van der Waals surface area contributed by atoms with Gasteiger partial charge in [-0.25, -0.2) is 14.8 Å². The number of nitrogens with one attached hydrogen (secondary N) is 2. The van der Waals surface area contributed by atoms with Gasteiger partial charge in [0.2, 0.25) is 11.8 Å². The number of nitrogens with zero attached hydrogens (tertiary/aromatic N) is 7. The van der Waals surface area contributed by atoms with Crippen molar-refractivity contribution in [2.45, 2.75) is 83.3 Å². The molecule has 3 fully saturated rings. The molecule has 376 valence electrons. The lowest BCUT2D eigenvalue weighted by atomic mass is 9.89. The zero-order chi connectivity index (χ0) is 50.0. The Morgan fingerprint density at radius 3 is 2.48 bits per heavy atom. The predicted octanol–water partition coefficient (Wildman–Crippen LogP) is 9.14. The van der Waals surface area contributed by atoms with Gasteiger partial charge < -0.3 is 24.5 Å². The average Bonchev–Trinajstić information content (AvgIpc) is 3.97. The number of para-hydroxylation sites is 1. The lowest BCUT2D eigenvalue weighted by Gasteiger charge is -2.35. The Kier molecular flexibility index (Phi) is 13.9. The predicted molar refractivity (Wildman–Crippen MR) is 284 cm³/mol. The van der Waals surface area contributed by atoms with E-state index in [1.54, 1.807) is 6.07 Å². The average molecular weight is 1000 g/mol. The number of thiazole rings is 1. The molecule has 3 aromatic heterocycles. The van der Waals surface area contributed by atoms with Gasteiger partial charge in [0.05, 0.1) is 27.3 Å². The van der Waals surface area contributed by atoms with Crippen molar-refractivity contribution in [3.05, 3.63) is 136 Å². The molecule has 0 radical (unpaired) electrons. The van der Waals surface area contributed by atoms with Crippen LogP contribution in [-0.2, 0) is 42.6 Å². The van der Waals surface area contributed by atoms with Crippen LogP contribution in [-0.4, -0.2) is 92.7 Å². The van der Waals surface area contributed by atoms with E-state index in [0.29, 0.717) is 66.1 Å². The summed E-state index contributed by atoms with van der Waals surface area (Å²) in [6.07, 6.45) is 9.70. The molecule has 11 rings (SSSR count). The van der Waals surface area contributed by atoms with Crippen LogP contribution in [0.5, 0.6) is 5.75 Å². The van der Waals surface area contributed by atoms with Crippen molar-refractivity contribution in [1.82, 2.24) is 30.0 Å². The Labute approximate surface area is 428 Å². The summed E-state index contributed by atoms with van der Waals surface area (Å²) in [4.78, 5) is 66.9. The molecule has 1 atom stereocenters. The van der Waals surface area contributed by atoms with Gasteiger partial charge in [0, 0.05) is 61.8 Å². The van der Waals surface area contributed by atoms with Crippen molar-refractivity contribution in [2.75, 3.05) is 54.4 Å². The number of piperidine rings is 3. The van der Waals surface area contributed by atoms with Crippen LogP contribution in [0, 0.1) is 11.8 Å². The number of imide groups is 1. The minimum absolute atomic E-state index is 0.0424. The largest absolute Gasteiger partial charge is 0.489 e. The first kappa shape index (κ1) is 48.1. The van der Waals surface area contributed by atoms with Gasteiger partial charge in [-0.05, 0) is 167 Å². The first-order chi connectivity index (χ1) is 35.6. The summed E-state index contributed by atoms with van der Waals surface area (Å²) in [6.45, 7) is 6.59. The molecule has 1 unspecified atom stereocenters. The molecule has 15 nitrogen and oxygen atoms in total. The Balaban J connectivity index is 0.623. The van der Waals surface area contributed by atoms with E-state index in [1.807, 2.05) is 77.3 Å². The molecule has 16 heteroatoms. The maximum Gasteiger partial charge on any atom is 0.354 e. The number of likely N-dealkylation sites (tertiary alicyclic amines) is 1. The third kappa shape index (κ3) is 10.7. The van der Waals surface area contributed by atoms with Gasteiger partial charge in [-0.1, -0.05) is 47.7 Å². The van der Waals surface area contributed by atoms with Crippen LogP contribution in [0.15, 0.2) is 97.1 Å². The number of carbonyl (C=O) groups excluding carboxylic acids is 3. The van der Waals surface area contributed by atoms with Crippen molar-refractivity contribution in [2.24, 2.45) is 18.9 Å². The summed E-state index contributed by atoms with van der Waals surface area (Å²) in [5.41, 5.74) is 8.04. The Hall–Kier alpha value is -7.17. The number of carboxylic acids is 1. The second kappa shape index (κ2) is 21.1. The maximum absolute atomic E-state index is 13.6. The van der Waals surface area contributed by atoms with E-state index >= 15 is 0 Å². The van der Waals surface area contributed by atoms with Crippen LogP contribution in [0.1, 0.15) is 106 Å². The van der Waals surface area contributed by atoms with E-state index in [1.165, 1.54) is 61.1 Å². The van der Waals surface area contributed by atoms with Gasteiger partial charge in [0.1, 0.15) is 18.2 Å². The molecule has 0 saturated carbocycles. The van der Waals surface area contributed by atoms with E-state index < -0.39 is 11.9 Å². The number of carboxylic acid groups (broad SMARTS) is 1. The molecule has 4 aliphatic rings. The highest BCUT2D eigenvalue weighted by Crippen LogP contribution is 2.35. The highest BCUT2D eigenvalue weighted by Gasteiger charge is 2.32. The molecule has 7 heterocycles. The van der Waals surface area contributed by atoms with Gasteiger partial charge in [0.15, 0.2) is 10.8 Å². The minimum atomic E-state index is -1.11. The van der Waals surface area contributed by atoms with Crippen LogP contribution in [0.3, 0.4) is 0 Å². The lowest BCUT2D eigenvalue weighted by molar-refractivity contribution is -0.134. The molecule has 7 aromatic rings. The maximum atomic E-state index is 13.6. The van der Waals surface area contributed by atoms with Crippen molar-refractivity contribution < 1.29 is 29.0 Å². The fraction of sp³-hybridized carbons (Fsp3) is 0.386. The molecule has 0 spiro atoms. The number of aryl methyl sites for hydroxylation is 1. The number of carbonyl (C=O) groups is 4. The van der Waals surface area contributed by atoms with Crippen LogP contribution in [0.25, 0.3) is 21.1 Å². The van der Waals surface area contributed by atoms with Crippen molar-refractivity contribution in [3.63, 3.8) is 0 Å². The second-order valence-electron chi connectivity index (χ2n) is 20.2. The molecule has 3 N–H and O–H groups in total. The molecule has 3 amide bonds. The molecule has 3 saturated heterocycles. The zero-order valence-corrected chi connectivity index (χ0v) is 42.0. The summed E-state index contributed by atoms with van der Waals surface area (Å²) in [7, 11) is 1.93. The number of fused-ring (bicyclic) bond motifs is 3. The number of amides is 3. The number of rotatable bonds is 15. The van der Waals surface area contributed by atoms with Crippen LogP contribution < -0.4 is 25.2 Å². The third-order valence-corrected chi connectivity index (χ3v) is 16.5. The molecule has 0 aliphatic carbocycles. The van der Waals surface area contributed by atoms with Crippen LogP contribution >= 0.6 is 11.3 Å². The van der Waals surface area contributed by atoms with Crippen molar-refractivity contribution >= 4 is 72.8 Å². The fourth-order valence-electron chi connectivity index (χ4n) is 11.5. The molecular formula is C57H61N9O6S. The first-order valence-corrected chi connectivity index (χ1v) is 26.7. The van der Waals surface area contributed by atoms with Crippen LogP contribution in [0.2, 0.25) is 0 Å². The van der Waals surface area contributed by atoms with Gasteiger partial charge in [0.25, 0.3) is 5.91 Å². The number of ether oxygens (including phenoxy) is 1. The van der Waals surface area contributed by atoms with E-state index in [4.69, 9.17) is 9.84 Å². The quantitative estimate of drug-likeness (QED) is 0.0833. The Morgan fingerprint density at radius 1 is 0.836 bits per heavy atom.